The molecule has 0 spiro atoms. The summed E-state index contributed by atoms with van der Waals surface area (Å²) >= 11 is 0. The lowest BCUT2D eigenvalue weighted by molar-refractivity contribution is -0.151. The number of carboxylic acid groups (broad SMARTS) is 1. The Labute approximate surface area is 190 Å². The van der Waals surface area contributed by atoms with Crippen LogP contribution < -0.4 is 5.32 Å². The molecule has 0 aliphatic rings. The molecule has 0 saturated heterocycles. The van der Waals surface area contributed by atoms with Crippen molar-refractivity contribution < 1.29 is 37.7 Å². The Bertz CT molecular complexity index is 975. The molecule has 0 bridgehead atoms. The number of hydrogen-bond acceptors (Lipinski definition) is 5. The first-order valence-electron chi connectivity index (χ1n) is 10.3. The monoisotopic (exact) mass is 463 g/mol. The number of hydrogen-bond donors (Lipinski definition) is 2. The first-order valence-corrected chi connectivity index (χ1v) is 10.3. The molecule has 33 heavy (non-hydrogen) atoms. The molecule has 0 aromatic heterocycles. The zero-order valence-corrected chi connectivity index (χ0v) is 18.6. The second-order valence-electron chi connectivity index (χ2n) is 8.50. The van der Waals surface area contributed by atoms with Gasteiger partial charge in [-0.15, -0.1) is 0 Å². The maximum atomic E-state index is 14.2. The van der Waals surface area contributed by atoms with Gasteiger partial charge in [-0.05, 0) is 50.8 Å². The van der Waals surface area contributed by atoms with Gasteiger partial charge in [0.15, 0.2) is 0 Å². The topological polar surface area (TPSA) is 102 Å². The van der Waals surface area contributed by atoms with Crippen molar-refractivity contribution in [3.63, 3.8) is 0 Å². The zero-order valence-electron chi connectivity index (χ0n) is 18.6. The minimum absolute atomic E-state index is 0.0134. The van der Waals surface area contributed by atoms with Crippen molar-refractivity contribution in [3.8, 4) is 0 Å². The number of nitrogens with one attached hydrogen (secondary N) is 1. The Hall–Kier alpha value is -3.49. The Morgan fingerprint density at radius 3 is 2.30 bits per heavy atom. The molecule has 0 heterocycles. The van der Waals surface area contributed by atoms with E-state index in [1.54, 1.807) is 51.1 Å². The fourth-order valence-electron chi connectivity index (χ4n) is 3.02. The van der Waals surface area contributed by atoms with Crippen molar-refractivity contribution in [2.24, 2.45) is 5.92 Å². The van der Waals surface area contributed by atoms with Crippen molar-refractivity contribution in [2.75, 3.05) is 0 Å². The summed E-state index contributed by atoms with van der Waals surface area (Å²) in [5, 5.41) is 11.8. The maximum Gasteiger partial charge on any atom is 0.408 e. The molecule has 2 rings (SSSR count). The van der Waals surface area contributed by atoms with Crippen LogP contribution in [-0.2, 0) is 32.1 Å². The van der Waals surface area contributed by atoms with E-state index < -0.39 is 47.2 Å². The van der Waals surface area contributed by atoms with Crippen LogP contribution in [0.25, 0.3) is 0 Å². The van der Waals surface area contributed by atoms with E-state index in [0.717, 1.165) is 6.07 Å². The number of amides is 1. The molecule has 0 saturated carbocycles. The van der Waals surface area contributed by atoms with Crippen LogP contribution in [0, 0.1) is 17.6 Å². The fourth-order valence-corrected chi connectivity index (χ4v) is 3.02. The third-order valence-electron chi connectivity index (χ3n) is 4.55. The van der Waals surface area contributed by atoms with Crippen molar-refractivity contribution in [1.82, 2.24) is 5.32 Å². The molecule has 9 heteroatoms. The van der Waals surface area contributed by atoms with Gasteiger partial charge in [0.25, 0.3) is 0 Å². The van der Waals surface area contributed by atoms with Gasteiger partial charge in [-0.3, -0.25) is 4.79 Å². The summed E-state index contributed by atoms with van der Waals surface area (Å²) in [5.74, 6) is -4.97. The standard InChI is InChI=1S/C24H27F2NO6/c1-24(2,3)33-23(31)27-20(21(28)29)12-17(11-16-9-10-18(25)13-19(16)26)22(30)32-14-15-7-5-4-6-8-15/h4-10,13,17,20H,11-12,14H2,1-3H3,(H,27,31)(H,28,29)/t17-,20-/m0/s1. The molecule has 0 fully saturated rings. The van der Waals surface area contributed by atoms with Crippen LogP contribution in [0.5, 0.6) is 0 Å². The Balaban J connectivity index is 2.20. The number of benzene rings is 2. The highest BCUT2D eigenvalue weighted by molar-refractivity contribution is 5.81. The van der Waals surface area contributed by atoms with E-state index in [-0.39, 0.29) is 25.0 Å². The smallest absolute Gasteiger partial charge is 0.408 e. The quantitative estimate of drug-likeness (QED) is 0.540. The average molecular weight is 463 g/mol. The minimum Gasteiger partial charge on any atom is -0.480 e. The highest BCUT2D eigenvalue weighted by Gasteiger charge is 2.31. The molecule has 2 aromatic rings. The van der Waals surface area contributed by atoms with Gasteiger partial charge in [0.2, 0.25) is 0 Å². The highest BCUT2D eigenvalue weighted by Crippen LogP contribution is 2.21. The lowest BCUT2D eigenvalue weighted by Gasteiger charge is -2.24. The summed E-state index contributed by atoms with van der Waals surface area (Å²) in [5.41, 5.74) is -0.142. The van der Waals surface area contributed by atoms with Crippen LogP contribution in [0.2, 0.25) is 0 Å². The minimum atomic E-state index is -1.50. The molecule has 0 unspecified atom stereocenters. The molecule has 1 amide bonds. The number of carbonyl (C=O) groups excluding carboxylic acids is 2. The fraction of sp³-hybridized carbons (Fsp3) is 0.375. The third kappa shape index (κ3) is 8.88. The van der Waals surface area contributed by atoms with Gasteiger partial charge in [0, 0.05) is 6.07 Å². The number of rotatable bonds is 9. The van der Waals surface area contributed by atoms with Gasteiger partial charge in [-0.2, -0.15) is 0 Å². The molecule has 0 aliphatic heterocycles. The van der Waals surface area contributed by atoms with E-state index in [1.165, 1.54) is 6.07 Å². The second kappa shape index (κ2) is 11.4. The van der Waals surface area contributed by atoms with Crippen molar-refractivity contribution in [1.29, 1.82) is 0 Å². The predicted octanol–water partition coefficient (Wildman–Crippen LogP) is 4.23. The number of carbonyl (C=O) groups is 3. The number of esters is 1. The molecular formula is C24H27F2NO6. The summed E-state index contributed by atoms with van der Waals surface area (Å²) in [6.07, 6.45) is -1.61. The van der Waals surface area contributed by atoms with Gasteiger partial charge < -0.3 is 19.9 Å². The summed E-state index contributed by atoms with van der Waals surface area (Å²) < 4.78 is 37.9. The Morgan fingerprint density at radius 2 is 1.73 bits per heavy atom. The van der Waals surface area contributed by atoms with Crippen LogP contribution in [0.3, 0.4) is 0 Å². The first kappa shape index (κ1) is 25.8. The van der Waals surface area contributed by atoms with Crippen molar-refractivity contribution in [2.45, 2.75) is 51.9 Å². The van der Waals surface area contributed by atoms with Crippen molar-refractivity contribution in [3.05, 3.63) is 71.3 Å². The zero-order chi connectivity index (χ0) is 24.6. The van der Waals surface area contributed by atoms with Gasteiger partial charge >= 0.3 is 18.0 Å². The Morgan fingerprint density at radius 1 is 1.06 bits per heavy atom. The normalized spacial score (nSPS) is 13.0. The lowest BCUT2D eigenvalue weighted by Crippen LogP contribution is -2.45. The third-order valence-corrected chi connectivity index (χ3v) is 4.55. The predicted molar refractivity (Wildman–Crippen MR) is 115 cm³/mol. The van der Waals surface area contributed by atoms with Crippen LogP contribution in [0.1, 0.15) is 38.3 Å². The second-order valence-corrected chi connectivity index (χ2v) is 8.50. The SMILES string of the molecule is CC(C)(C)OC(=O)N[C@@H](C[C@H](Cc1ccc(F)cc1F)C(=O)OCc1ccccc1)C(=O)O. The molecule has 2 N–H and O–H groups in total. The number of carboxylic acids is 1. The van der Waals surface area contributed by atoms with Crippen molar-refractivity contribution >= 4 is 18.0 Å². The number of aliphatic carboxylic acids is 1. The molecule has 178 valence electrons. The molecule has 0 radical (unpaired) electrons. The van der Waals surface area contributed by atoms with E-state index in [1.807, 2.05) is 0 Å². The number of halogens is 2. The molecule has 2 atom stereocenters. The van der Waals surface area contributed by atoms with E-state index in [2.05, 4.69) is 5.32 Å². The maximum absolute atomic E-state index is 14.2. The van der Waals surface area contributed by atoms with E-state index >= 15 is 0 Å². The average Bonchev–Trinajstić information content (AvgIpc) is 2.71. The molecule has 2 aromatic carbocycles. The van der Waals surface area contributed by atoms with E-state index in [9.17, 15) is 28.3 Å². The first-order chi connectivity index (χ1) is 15.4. The summed E-state index contributed by atoms with van der Waals surface area (Å²) in [4.78, 5) is 36.6. The van der Waals surface area contributed by atoms with Gasteiger partial charge in [0.05, 0.1) is 5.92 Å². The lowest BCUT2D eigenvalue weighted by atomic mass is 9.92. The molecule has 7 nitrogen and oxygen atoms in total. The Kier molecular flexibility index (Phi) is 8.90. The molecular weight excluding hydrogens is 436 g/mol. The van der Waals surface area contributed by atoms with E-state index in [4.69, 9.17) is 9.47 Å². The van der Waals surface area contributed by atoms with Gasteiger partial charge in [0.1, 0.15) is 29.9 Å². The van der Waals surface area contributed by atoms with E-state index in [0.29, 0.717) is 11.6 Å². The summed E-state index contributed by atoms with van der Waals surface area (Å²) in [6.45, 7) is 4.77. The largest absolute Gasteiger partial charge is 0.480 e. The highest BCUT2D eigenvalue weighted by atomic mass is 19.1. The van der Waals surface area contributed by atoms with Crippen LogP contribution in [0.15, 0.2) is 48.5 Å². The van der Waals surface area contributed by atoms with Gasteiger partial charge in [-0.1, -0.05) is 36.4 Å². The van der Waals surface area contributed by atoms with Gasteiger partial charge in [-0.25, -0.2) is 18.4 Å². The number of ether oxygens (including phenoxy) is 2. The summed E-state index contributed by atoms with van der Waals surface area (Å²) in [6, 6.07) is 10.2. The van der Waals surface area contributed by atoms with Crippen LogP contribution in [-0.4, -0.2) is 34.8 Å². The van der Waals surface area contributed by atoms with Crippen LogP contribution in [0.4, 0.5) is 13.6 Å². The molecule has 0 aliphatic carbocycles. The van der Waals surface area contributed by atoms with Crippen LogP contribution >= 0.6 is 0 Å². The summed E-state index contributed by atoms with van der Waals surface area (Å²) in [7, 11) is 0. The number of alkyl carbamates (subject to hydrolysis) is 1.